The maximum Gasteiger partial charge on any atom is 0.410 e. The van der Waals surface area contributed by atoms with Crippen molar-refractivity contribution in [1.29, 1.82) is 0 Å². The lowest BCUT2D eigenvalue weighted by Crippen LogP contribution is -2.55. The molecule has 16 rings (SSSR count). The van der Waals surface area contributed by atoms with Crippen LogP contribution in [0, 0.1) is 0 Å². The summed E-state index contributed by atoms with van der Waals surface area (Å²) >= 11 is 0. The van der Waals surface area contributed by atoms with Gasteiger partial charge in [-0.1, -0.05) is 152 Å². The van der Waals surface area contributed by atoms with Gasteiger partial charge in [0, 0.05) is 114 Å². The number of rotatable bonds is 18. The van der Waals surface area contributed by atoms with Gasteiger partial charge in [0.05, 0.1) is 0 Å². The highest BCUT2D eigenvalue weighted by Crippen LogP contribution is 2.58. The lowest BCUT2D eigenvalue weighted by molar-refractivity contribution is -0.290. The molecule has 0 unspecified atom stereocenters. The first-order valence-electron chi connectivity index (χ1n) is 34.7. The van der Waals surface area contributed by atoms with Crippen LogP contribution in [0.4, 0.5) is 26.3 Å². The van der Waals surface area contributed by atoms with Crippen molar-refractivity contribution in [2.75, 3.05) is 0 Å². The van der Waals surface area contributed by atoms with Crippen LogP contribution in [-0.2, 0) is 5.41 Å². The molecule has 0 bridgehead atoms. The van der Waals surface area contributed by atoms with Gasteiger partial charge in [-0.05, 0) is 245 Å². The number of nitrogens with zero attached hydrogens (tertiary/aromatic N) is 6. The van der Waals surface area contributed by atoms with Crippen molar-refractivity contribution in [2.24, 2.45) is 0 Å². The Morgan fingerprint density at radius 2 is 0.514 bits per heavy atom. The van der Waals surface area contributed by atoms with E-state index in [9.17, 15) is 0 Å². The first kappa shape index (κ1) is 68.0. The van der Waals surface area contributed by atoms with Crippen LogP contribution in [0.15, 0.2) is 365 Å². The Balaban J connectivity index is 0.623. The fraction of sp³-hybridized carbons (Fsp3) is 0.0538. The van der Waals surface area contributed by atoms with Crippen LogP contribution in [-0.4, -0.2) is 42.3 Å². The van der Waals surface area contributed by atoms with E-state index >= 15 is 26.3 Å². The van der Waals surface area contributed by atoms with Crippen molar-refractivity contribution in [2.45, 2.75) is 30.6 Å². The predicted molar refractivity (Wildman–Crippen MR) is 411 cm³/mol. The third-order valence-corrected chi connectivity index (χ3v) is 19.3. The minimum Gasteiger partial charge on any atom is -0.443 e. The quantitative estimate of drug-likeness (QED) is 0.0784. The highest BCUT2D eigenvalue weighted by molar-refractivity contribution is 5.88. The molecule has 0 atom stereocenters. The summed E-state index contributed by atoms with van der Waals surface area (Å²) in [7, 11) is 0. The molecule has 1 aliphatic carbocycles. The fourth-order valence-electron chi connectivity index (χ4n) is 14.0. The SMILES string of the molecule is FC(F)(F)C(C1=CC=C(Oc2ccc(-c3cccc(-c4cc(-c5cccc(-c6cccnc6)c5)cc(-c5cccc(-c6cccnc6)c5)c4)c3)cn2)CC1)(c1ccc(Oc2ccc(-c3cccc(-c4cc(-c5cccc(-c6cccnc6)c5)cc(-c5cccc(-c6cccnc6)c5)c4)c3)cn2)cc1)C(F)(F)F. The van der Waals surface area contributed by atoms with Gasteiger partial charge in [0.1, 0.15) is 11.5 Å². The van der Waals surface area contributed by atoms with Crippen molar-refractivity contribution in [3.05, 3.63) is 370 Å². The van der Waals surface area contributed by atoms with E-state index in [2.05, 4.69) is 157 Å². The smallest absolute Gasteiger partial charge is 0.410 e. The van der Waals surface area contributed by atoms with Crippen molar-refractivity contribution >= 4 is 0 Å². The summed E-state index contributed by atoms with van der Waals surface area (Å²) in [6.07, 6.45) is 7.19. The normalized spacial score (nSPS) is 12.4. The molecule has 6 heterocycles. The molecular formula is C93H62F6N6O2. The number of pyridine rings is 6. The summed E-state index contributed by atoms with van der Waals surface area (Å²) < 4.78 is 106. The molecule has 0 saturated heterocycles. The summed E-state index contributed by atoms with van der Waals surface area (Å²) in [5.74, 6) is 0.329. The van der Waals surface area contributed by atoms with Crippen molar-refractivity contribution in [3.8, 4) is 151 Å². The molecule has 107 heavy (non-hydrogen) atoms. The van der Waals surface area contributed by atoms with Gasteiger partial charge in [0.2, 0.25) is 17.2 Å². The van der Waals surface area contributed by atoms with Crippen molar-refractivity contribution in [3.63, 3.8) is 0 Å². The molecule has 0 spiro atoms. The number of ether oxygens (including phenoxy) is 2. The topological polar surface area (TPSA) is 95.8 Å². The van der Waals surface area contributed by atoms with Crippen molar-refractivity contribution in [1.82, 2.24) is 29.9 Å². The minimum absolute atomic E-state index is 0.0138. The Hall–Kier alpha value is -13.5. The Bertz CT molecular complexity index is 5560. The highest BCUT2D eigenvalue weighted by atomic mass is 19.4. The second-order valence-electron chi connectivity index (χ2n) is 26.1. The van der Waals surface area contributed by atoms with Gasteiger partial charge in [0.25, 0.3) is 0 Å². The number of alkyl halides is 6. The summed E-state index contributed by atoms with van der Waals surface area (Å²) in [6.45, 7) is 0. The zero-order valence-corrected chi connectivity index (χ0v) is 57.2. The average molecular weight is 1410 g/mol. The van der Waals surface area contributed by atoms with E-state index in [-0.39, 0.29) is 29.7 Å². The zero-order chi connectivity index (χ0) is 72.9. The Kier molecular flexibility index (Phi) is 18.7. The standard InChI is InChI=1S/C93H62F6N6O2/c94-92(95,96)91(93(97,98)99,85-29-33-87(34-30-85)106-89-37-27-77(59-104-89)65-15-5-21-71(47-65)83-51-79(67-17-1-11-61(43-67)73-23-7-39-100-55-73)49-80(52-83)68-18-2-12-62(44-68)74-24-8-40-101-56-74)86-31-35-88(36-32-86)107-90-38-28-78(60-105-90)66-16-6-22-72(48-66)84-53-81(69-19-3-13-63(45-69)75-25-9-41-102-57-75)50-82(54-84)70-20-4-14-64(46-70)76-26-10-42-103-58-76/h1-31,33-35,37-60H,32,36H2. The molecule has 0 fully saturated rings. The third-order valence-electron chi connectivity index (χ3n) is 19.3. The maximum absolute atomic E-state index is 15.6. The third kappa shape index (κ3) is 14.5. The monoisotopic (exact) mass is 1410 g/mol. The van der Waals surface area contributed by atoms with Gasteiger partial charge in [-0.15, -0.1) is 0 Å². The lowest BCUT2D eigenvalue weighted by atomic mass is 9.70. The fourth-order valence-corrected chi connectivity index (χ4v) is 14.0. The van der Waals surface area contributed by atoms with E-state index in [1.54, 1.807) is 55.4 Å². The average Bonchev–Trinajstić information content (AvgIpc) is 0.715. The van der Waals surface area contributed by atoms with Crippen LogP contribution in [0.5, 0.6) is 17.5 Å². The van der Waals surface area contributed by atoms with Gasteiger partial charge < -0.3 is 9.47 Å². The molecule has 6 aromatic heterocycles. The minimum atomic E-state index is -5.80. The van der Waals surface area contributed by atoms with E-state index in [1.165, 1.54) is 0 Å². The van der Waals surface area contributed by atoms with Gasteiger partial charge in [-0.25, -0.2) is 9.97 Å². The zero-order valence-electron chi connectivity index (χ0n) is 57.2. The molecular weight excluding hydrogens is 1350 g/mol. The van der Waals surface area contributed by atoms with Crippen LogP contribution >= 0.6 is 0 Å². The molecule has 0 radical (unpaired) electrons. The molecule has 1 aliphatic rings. The molecule has 14 heteroatoms. The Morgan fingerprint density at radius 3 is 0.766 bits per heavy atom. The van der Waals surface area contributed by atoms with E-state index < -0.39 is 35.3 Å². The van der Waals surface area contributed by atoms with Gasteiger partial charge >= 0.3 is 12.4 Å². The molecule has 518 valence electrons. The number of hydrogen-bond acceptors (Lipinski definition) is 8. The Morgan fingerprint density at radius 1 is 0.243 bits per heavy atom. The number of hydrogen-bond donors (Lipinski definition) is 0. The molecule has 9 aromatic carbocycles. The Labute approximate surface area is 614 Å². The van der Waals surface area contributed by atoms with Crippen LogP contribution in [0.3, 0.4) is 0 Å². The lowest BCUT2D eigenvalue weighted by Gasteiger charge is -2.40. The van der Waals surface area contributed by atoms with Gasteiger partial charge in [-0.2, -0.15) is 26.3 Å². The maximum atomic E-state index is 15.6. The predicted octanol–water partition coefficient (Wildman–Crippen LogP) is 24.9. The molecule has 0 amide bonds. The van der Waals surface area contributed by atoms with E-state index in [0.717, 1.165) is 170 Å². The van der Waals surface area contributed by atoms with Crippen LogP contribution in [0.1, 0.15) is 18.4 Å². The number of halogens is 6. The van der Waals surface area contributed by atoms with Crippen LogP contribution in [0.2, 0.25) is 0 Å². The van der Waals surface area contributed by atoms with Crippen molar-refractivity contribution < 1.29 is 35.8 Å². The largest absolute Gasteiger partial charge is 0.443 e. The summed E-state index contributed by atoms with van der Waals surface area (Å²) in [6, 6.07) is 89.2. The summed E-state index contributed by atoms with van der Waals surface area (Å²) in [4.78, 5) is 26.5. The van der Waals surface area contributed by atoms with Gasteiger partial charge in [0.15, 0.2) is 0 Å². The summed E-state index contributed by atoms with van der Waals surface area (Å²) in [5.41, 5.74) is 17.0. The number of benzene rings is 9. The first-order valence-corrected chi connectivity index (χ1v) is 34.7. The van der Waals surface area contributed by atoms with E-state index in [4.69, 9.17) is 9.47 Å². The van der Waals surface area contributed by atoms with Crippen LogP contribution < -0.4 is 9.47 Å². The summed E-state index contributed by atoms with van der Waals surface area (Å²) in [5, 5.41) is 0. The second-order valence-corrected chi connectivity index (χ2v) is 26.1. The van der Waals surface area contributed by atoms with Gasteiger partial charge in [-0.3, -0.25) is 19.9 Å². The first-order chi connectivity index (χ1) is 52.2. The molecule has 8 nitrogen and oxygen atoms in total. The molecule has 15 aromatic rings. The molecule has 0 N–H and O–H groups in total. The highest BCUT2D eigenvalue weighted by Gasteiger charge is 2.73. The van der Waals surface area contributed by atoms with E-state index in [1.807, 2.05) is 134 Å². The van der Waals surface area contributed by atoms with E-state index in [0.29, 0.717) is 0 Å². The number of aromatic nitrogens is 6. The molecule has 0 aliphatic heterocycles. The van der Waals surface area contributed by atoms with Crippen LogP contribution in [0.25, 0.3) is 134 Å². The number of allylic oxidation sites excluding steroid dienone is 4. The second kappa shape index (κ2) is 29.4. The molecule has 0 saturated carbocycles.